The van der Waals surface area contributed by atoms with Crippen molar-refractivity contribution in [1.82, 2.24) is 9.61 Å². The van der Waals surface area contributed by atoms with Gasteiger partial charge in [0.05, 0.1) is 36.9 Å². The van der Waals surface area contributed by atoms with Crippen LogP contribution in [-0.2, 0) is 9.53 Å². The molecule has 158 valence electrons. The number of ether oxygens (including phenoxy) is 1. The summed E-state index contributed by atoms with van der Waals surface area (Å²) >= 11 is 0. The van der Waals surface area contributed by atoms with Crippen LogP contribution in [0.3, 0.4) is 0 Å². The Bertz CT molecular complexity index is 1020. The van der Waals surface area contributed by atoms with E-state index in [1.165, 1.54) is 7.11 Å². The lowest BCUT2D eigenvalue weighted by Gasteiger charge is -2.17. The van der Waals surface area contributed by atoms with Gasteiger partial charge in [-0.05, 0) is 23.6 Å². The Kier molecular flexibility index (Phi) is 7.03. The van der Waals surface area contributed by atoms with E-state index >= 15 is 0 Å². The maximum absolute atomic E-state index is 11.3. The zero-order valence-corrected chi connectivity index (χ0v) is 17.5. The van der Waals surface area contributed by atoms with Crippen LogP contribution in [0.2, 0.25) is 0 Å². The van der Waals surface area contributed by atoms with Gasteiger partial charge >= 0.3 is 5.97 Å². The number of carbonyl (C=O) groups excluding carboxylic acids is 1. The third kappa shape index (κ3) is 4.96. The highest BCUT2D eigenvalue weighted by Crippen LogP contribution is 2.33. The summed E-state index contributed by atoms with van der Waals surface area (Å²) in [6.07, 6.45) is 3.47. The van der Waals surface area contributed by atoms with Crippen LogP contribution in [0.5, 0.6) is 0 Å². The number of hydrogen-bond acceptors (Lipinski definition) is 5. The normalized spacial score (nSPS) is 13.8. The van der Waals surface area contributed by atoms with Crippen LogP contribution in [0.15, 0.2) is 54.7 Å². The van der Waals surface area contributed by atoms with E-state index in [-0.39, 0.29) is 18.8 Å². The lowest BCUT2D eigenvalue weighted by molar-refractivity contribution is -0.143. The predicted octanol–water partition coefficient (Wildman–Crippen LogP) is 3.81. The van der Waals surface area contributed by atoms with Crippen LogP contribution in [-0.4, -0.2) is 45.1 Å². The van der Waals surface area contributed by atoms with Gasteiger partial charge in [0.1, 0.15) is 0 Å². The van der Waals surface area contributed by atoms with E-state index < -0.39 is 18.2 Å². The minimum Gasteiger partial charge on any atom is -0.469 e. The summed E-state index contributed by atoms with van der Waals surface area (Å²) in [5, 5.41) is 25.2. The SMILES string of the molecule is COC(=O)CC(O)CC(O)/C=C/c1c(-c2ccccc2)nn2cccc2c1C(C)C. The summed E-state index contributed by atoms with van der Waals surface area (Å²) in [7, 11) is 1.27. The molecule has 2 unspecified atom stereocenters. The molecular formula is C24H28N2O4. The number of aromatic nitrogens is 2. The molecule has 1 aromatic carbocycles. The Labute approximate surface area is 176 Å². The lowest BCUT2D eigenvalue weighted by atomic mass is 9.93. The van der Waals surface area contributed by atoms with Gasteiger partial charge in [-0.3, -0.25) is 4.79 Å². The van der Waals surface area contributed by atoms with E-state index in [0.717, 1.165) is 27.9 Å². The molecule has 0 amide bonds. The first-order chi connectivity index (χ1) is 14.4. The van der Waals surface area contributed by atoms with Crippen LogP contribution in [0, 0.1) is 0 Å². The molecule has 30 heavy (non-hydrogen) atoms. The number of methoxy groups -OCH3 is 1. The molecule has 2 N–H and O–H groups in total. The third-order valence-corrected chi connectivity index (χ3v) is 5.01. The average molecular weight is 408 g/mol. The van der Waals surface area contributed by atoms with E-state index in [1.54, 1.807) is 6.08 Å². The summed E-state index contributed by atoms with van der Waals surface area (Å²) < 4.78 is 6.44. The predicted molar refractivity (Wildman–Crippen MR) is 117 cm³/mol. The van der Waals surface area contributed by atoms with Crippen molar-refractivity contribution in [2.24, 2.45) is 0 Å². The van der Waals surface area contributed by atoms with Crippen molar-refractivity contribution in [3.05, 3.63) is 65.9 Å². The third-order valence-electron chi connectivity index (χ3n) is 5.01. The molecule has 2 atom stereocenters. The van der Waals surface area contributed by atoms with Crippen molar-refractivity contribution in [1.29, 1.82) is 0 Å². The quantitative estimate of drug-likeness (QED) is 0.554. The molecule has 2 aromatic heterocycles. The van der Waals surface area contributed by atoms with E-state index in [1.807, 2.05) is 59.3 Å². The lowest BCUT2D eigenvalue weighted by Crippen LogP contribution is -2.20. The van der Waals surface area contributed by atoms with Gasteiger partial charge in [-0.2, -0.15) is 5.10 Å². The van der Waals surface area contributed by atoms with Crippen LogP contribution in [0.25, 0.3) is 22.9 Å². The highest BCUT2D eigenvalue weighted by atomic mass is 16.5. The molecule has 3 aromatic rings. The molecule has 0 saturated heterocycles. The molecule has 0 spiro atoms. The Morgan fingerprint density at radius 3 is 2.57 bits per heavy atom. The molecular weight excluding hydrogens is 380 g/mol. The van der Waals surface area contributed by atoms with Gasteiger partial charge in [-0.15, -0.1) is 0 Å². The number of aliphatic hydroxyl groups excluding tert-OH is 2. The number of aliphatic hydroxyl groups is 2. The van der Waals surface area contributed by atoms with Gasteiger partial charge in [0.2, 0.25) is 0 Å². The number of carbonyl (C=O) groups is 1. The molecule has 0 aliphatic carbocycles. The number of rotatable bonds is 8. The number of nitrogens with zero attached hydrogens (tertiary/aromatic N) is 2. The van der Waals surface area contributed by atoms with Crippen LogP contribution < -0.4 is 0 Å². The molecule has 6 nitrogen and oxygen atoms in total. The summed E-state index contributed by atoms with van der Waals surface area (Å²) in [6, 6.07) is 13.9. The second-order valence-corrected chi connectivity index (χ2v) is 7.63. The highest BCUT2D eigenvalue weighted by molar-refractivity contribution is 5.79. The molecule has 0 fully saturated rings. The fraction of sp³-hybridized carbons (Fsp3) is 0.333. The van der Waals surface area contributed by atoms with Crippen molar-refractivity contribution in [2.75, 3.05) is 7.11 Å². The molecule has 3 rings (SSSR count). The second kappa shape index (κ2) is 9.69. The van der Waals surface area contributed by atoms with Crippen molar-refractivity contribution in [3.63, 3.8) is 0 Å². The zero-order valence-electron chi connectivity index (χ0n) is 17.5. The first-order valence-corrected chi connectivity index (χ1v) is 10.1. The molecule has 0 aliphatic heterocycles. The number of fused-ring (bicyclic) bond motifs is 1. The summed E-state index contributed by atoms with van der Waals surface area (Å²) in [4.78, 5) is 11.3. The number of esters is 1. The van der Waals surface area contributed by atoms with Crippen LogP contribution in [0.1, 0.15) is 43.7 Å². The first kappa shape index (κ1) is 21.7. The molecule has 0 radical (unpaired) electrons. The van der Waals surface area contributed by atoms with Gasteiger partial charge in [0.15, 0.2) is 0 Å². The molecule has 6 heteroatoms. The minimum atomic E-state index is -0.971. The average Bonchev–Trinajstić information content (AvgIpc) is 3.19. The van der Waals surface area contributed by atoms with Crippen molar-refractivity contribution < 1.29 is 19.7 Å². The van der Waals surface area contributed by atoms with Gasteiger partial charge in [0.25, 0.3) is 0 Å². The summed E-state index contributed by atoms with van der Waals surface area (Å²) in [5.74, 6) is -0.274. The number of hydrogen-bond donors (Lipinski definition) is 2. The van der Waals surface area contributed by atoms with E-state index in [2.05, 4.69) is 18.6 Å². The first-order valence-electron chi connectivity index (χ1n) is 10.1. The van der Waals surface area contributed by atoms with Gasteiger partial charge in [-0.25, -0.2) is 4.52 Å². The van der Waals surface area contributed by atoms with E-state index in [4.69, 9.17) is 5.10 Å². The summed E-state index contributed by atoms with van der Waals surface area (Å²) in [5.41, 5.74) is 4.89. The van der Waals surface area contributed by atoms with E-state index in [0.29, 0.717) is 0 Å². The largest absolute Gasteiger partial charge is 0.469 e. The monoisotopic (exact) mass is 408 g/mol. The van der Waals surface area contributed by atoms with Gasteiger partial charge in [-0.1, -0.05) is 56.3 Å². The zero-order chi connectivity index (χ0) is 21.7. The minimum absolute atomic E-state index is 0.0457. The molecule has 2 heterocycles. The standard InChI is InChI=1S/C24H28N2O4/c1-16(2)23-20(12-11-18(27)14-19(28)15-22(29)30-3)24(17-8-5-4-6-9-17)25-26-13-7-10-21(23)26/h4-13,16,18-19,27-28H,14-15H2,1-3H3/b12-11+. The summed E-state index contributed by atoms with van der Waals surface area (Å²) in [6.45, 7) is 4.26. The Morgan fingerprint density at radius 1 is 1.17 bits per heavy atom. The molecule has 0 aliphatic rings. The van der Waals surface area contributed by atoms with Crippen molar-refractivity contribution in [2.45, 2.75) is 44.8 Å². The topological polar surface area (TPSA) is 84.1 Å². The van der Waals surface area contributed by atoms with E-state index in [9.17, 15) is 15.0 Å². The van der Waals surface area contributed by atoms with Gasteiger partial charge < -0.3 is 14.9 Å². The van der Waals surface area contributed by atoms with Crippen LogP contribution in [0.4, 0.5) is 0 Å². The highest BCUT2D eigenvalue weighted by Gasteiger charge is 2.19. The molecule has 0 saturated carbocycles. The maximum atomic E-state index is 11.3. The fourth-order valence-electron chi connectivity index (χ4n) is 3.61. The Balaban J connectivity index is 2.00. The molecule has 0 bridgehead atoms. The maximum Gasteiger partial charge on any atom is 0.308 e. The van der Waals surface area contributed by atoms with Crippen molar-refractivity contribution in [3.8, 4) is 11.3 Å². The second-order valence-electron chi connectivity index (χ2n) is 7.63. The smallest absolute Gasteiger partial charge is 0.308 e. The fourth-order valence-corrected chi connectivity index (χ4v) is 3.61. The van der Waals surface area contributed by atoms with Gasteiger partial charge in [0, 0.05) is 23.7 Å². The number of benzene rings is 1. The van der Waals surface area contributed by atoms with Crippen LogP contribution >= 0.6 is 0 Å². The Morgan fingerprint density at radius 2 is 1.90 bits per heavy atom. The van der Waals surface area contributed by atoms with Crippen molar-refractivity contribution >= 4 is 17.6 Å². The Hall–Kier alpha value is -2.96.